The molecule has 0 saturated heterocycles. The highest BCUT2D eigenvalue weighted by molar-refractivity contribution is 5.69. The van der Waals surface area contributed by atoms with Gasteiger partial charge >= 0.3 is 5.97 Å². The van der Waals surface area contributed by atoms with Crippen molar-refractivity contribution in [2.24, 2.45) is 0 Å². The lowest BCUT2D eigenvalue weighted by molar-refractivity contribution is -0.156. The molecule has 0 atom stereocenters. The molecule has 0 aromatic heterocycles. The number of aryl methyl sites for hydroxylation is 1. The predicted octanol–water partition coefficient (Wildman–Crippen LogP) is 6.22. The van der Waals surface area contributed by atoms with Crippen molar-refractivity contribution in [1.29, 1.82) is 0 Å². The summed E-state index contributed by atoms with van der Waals surface area (Å²) >= 11 is 0. The third-order valence-electron chi connectivity index (χ3n) is 6.96. The molecule has 0 aliphatic rings. The van der Waals surface area contributed by atoms with Gasteiger partial charge in [0.25, 0.3) is 0 Å². The molecule has 1 aromatic rings. The van der Waals surface area contributed by atoms with Gasteiger partial charge in [0.1, 0.15) is 18.0 Å². The Morgan fingerprint density at radius 1 is 0.490 bits per heavy atom. The SMILES string of the molecule is CCCCCCCCCc1ccc(OCCOCCOCCOCCOCCOCCOCCOCCOCCC(=O)OC(C)(C)C)cc1. The van der Waals surface area contributed by atoms with E-state index in [0.29, 0.717) is 112 Å². The van der Waals surface area contributed by atoms with E-state index in [4.69, 9.17) is 47.4 Å². The number of esters is 1. The fourth-order valence-electron chi connectivity index (χ4n) is 4.45. The zero-order chi connectivity index (χ0) is 35.5. The van der Waals surface area contributed by atoms with Crippen LogP contribution in [0.25, 0.3) is 0 Å². The second-order valence-electron chi connectivity index (χ2n) is 12.6. The fraction of sp³-hybridized carbons (Fsp3) is 0.816. The van der Waals surface area contributed by atoms with Gasteiger partial charge in [0, 0.05) is 0 Å². The highest BCUT2D eigenvalue weighted by atomic mass is 16.6. The van der Waals surface area contributed by atoms with Crippen molar-refractivity contribution in [3.05, 3.63) is 29.8 Å². The van der Waals surface area contributed by atoms with Gasteiger partial charge in [-0.25, -0.2) is 0 Å². The number of carbonyl (C=O) groups excluding carboxylic acids is 1. The summed E-state index contributed by atoms with van der Waals surface area (Å²) in [5, 5.41) is 0. The molecule has 0 unspecified atom stereocenters. The second kappa shape index (κ2) is 33.3. The maximum atomic E-state index is 11.6. The zero-order valence-electron chi connectivity index (χ0n) is 31.2. The number of unbranched alkanes of at least 4 members (excludes halogenated alkanes) is 6. The van der Waals surface area contributed by atoms with Gasteiger partial charge in [0.2, 0.25) is 0 Å². The molecule has 0 bridgehead atoms. The second-order valence-corrected chi connectivity index (χ2v) is 12.6. The van der Waals surface area contributed by atoms with Crippen LogP contribution in [0, 0.1) is 0 Å². The van der Waals surface area contributed by atoms with Crippen molar-refractivity contribution in [2.45, 2.75) is 91.1 Å². The summed E-state index contributed by atoms with van der Waals surface area (Å²) in [5.74, 6) is 0.623. The van der Waals surface area contributed by atoms with Gasteiger partial charge in [-0.05, 0) is 51.3 Å². The third-order valence-corrected chi connectivity index (χ3v) is 6.96. The minimum atomic E-state index is -0.471. The van der Waals surface area contributed by atoms with Gasteiger partial charge in [0.15, 0.2) is 0 Å². The van der Waals surface area contributed by atoms with E-state index < -0.39 is 5.60 Å². The molecular formula is C38H68O11. The van der Waals surface area contributed by atoms with E-state index in [1.165, 1.54) is 50.5 Å². The van der Waals surface area contributed by atoms with Gasteiger partial charge in [0.05, 0.1) is 112 Å². The van der Waals surface area contributed by atoms with Gasteiger partial charge in [-0.2, -0.15) is 0 Å². The van der Waals surface area contributed by atoms with Crippen molar-refractivity contribution < 1.29 is 52.2 Å². The first kappa shape index (κ1) is 45.2. The molecular weight excluding hydrogens is 632 g/mol. The lowest BCUT2D eigenvalue weighted by Crippen LogP contribution is -2.24. The van der Waals surface area contributed by atoms with Crippen LogP contribution < -0.4 is 4.74 Å². The summed E-state index contributed by atoms with van der Waals surface area (Å²) in [6.45, 7) is 16.1. The summed E-state index contributed by atoms with van der Waals surface area (Å²) in [7, 11) is 0. The molecule has 1 aromatic carbocycles. The molecule has 0 aliphatic carbocycles. The standard InChI is InChI=1S/C38H68O11/c1-5-6-7-8-9-10-11-12-35-13-15-36(16-14-35)48-34-33-47-32-31-46-30-29-45-28-27-44-26-25-43-24-23-42-22-21-41-20-19-40-18-17-37(39)49-38(2,3)4/h13-16H,5-12,17-34H2,1-4H3. The minimum Gasteiger partial charge on any atom is -0.491 e. The maximum Gasteiger partial charge on any atom is 0.308 e. The molecule has 0 saturated carbocycles. The molecule has 0 spiro atoms. The number of rotatable bonds is 36. The van der Waals surface area contributed by atoms with E-state index in [0.717, 1.165) is 12.2 Å². The van der Waals surface area contributed by atoms with Crippen LogP contribution in [0.1, 0.15) is 84.6 Å². The first-order chi connectivity index (χ1) is 23.9. The number of carbonyl (C=O) groups is 1. The van der Waals surface area contributed by atoms with Gasteiger partial charge in [-0.3, -0.25) is 4.79 Å². The van der Waals surface area contributed by atoms with Crippen LogP contribution in [0.4, 0.5) is 0 Å². The van der Waals surface area contributed by atoms with Crippen molar-refractivity contribution in [1.82, 2.24) is 0 Å². The van der Waals surface area contributed by atoms with Gasteiger partial charge in [-0.15, -0.1) is 0 Å². The highest BCUT2D eigenvalue weighted by Gasteiger charge is 2.15. The lowest BCUT2D eigenvalue weighted by atomic mass is 10.0. The predicted molar refractivity (Wildman–Crippen MR) is 191 cm³/mol. The van der Waals surface area contributed by atoms with Crippen molar-refractivity contribution in [3.8, 4) is 5.75 Å². The summed E-state index contributed by atoms with van der Waals surface area (Å²) in [5.41, 5.74) is 0.907. The Balaban J connectivity index is 1.72. The van der Waals surface area contributed by atoms with Crippen molar-refractivity contribution in [2.75, 3.05) is 112 Å². The largest absolute Gasteiger partial charge is 0.491 e. The van der Waals surface area contributed by atoms with E-state index in [1.807, 2.05) is 20.8 Å². The number of hydrogen-bond acceptors (Lipinski definition) is 11. The van der Waals surface area contributed by atoms with Crippen LogP contribution in [0.2, 0.25) is 0 Å². The monoisotopic (exact) mass is 700 g/mol. The molecule has 0 fully saturated rings. The van der Waals surface area contributed by atoms with E-state index in [1.54, 1.807) is 0 Å². The quantitative estimate of drug-likeness (QED) is 0.0588. The summed E-state index contributed by atoms with van der Waals surface area (Å²) in [4.78, 5) is 11.6. The first-order valence-corrected chi connectivity index (χ1v) is 18.5. The maximum absolute atomic E-state index is 11.6. The molecule has 11 nitrogen and oxygen atoms in total. The molecule has 0 aliphatic heterocycles. The van der Waals surface area contributed by atoms with Crippen LogP contribution in [0.3, 0.4) is 0 Å². The first-order valence-electron chi connectivity index (χ1n) is 18.5. The average molecular weight is 701 g/mol. The topological polar surface area (TPSA) is 109 Å². The minimum absolute atomic E-state index is 0.235. The molecule has 0 radical (unpaired) electrons. The molecule has 0 N–H and O–H groups in total. The smallest absolute Gasteiger partial charge is 0.308 e. The molecule has 11 heteroatoms. The average Bonchev–Trinajstić information content (AvgIpc) is 3.07. The van der Waals surface area contributed by atoms with Crippen molar-refractivity contribution >= 4 is 5.97 Å². The Kier molecular flexibility index (Phi) is 30.7. The van der Waals surface area contributed by atoms with Crippen LogP contribution >= 0.6 is 0 Å². The normalized spacial score (nSPS) is 11.7. The summed E-state index contributed by atoms with van der Waals surface area (Å²) in [6, 6.07) is 8.44. The Labute approximate surface area is 296 Å². The number of ether oxygens (including phenoxy) is 10. The van der Waals surface area contributed by atoms with Gasteiger partial charge < -0.3 is 47.4 Å². The Morgan fingerprint density at radius 3 is 1.27 bits per heavy atom. The Morgan fingerprint density at radius 2 is 0.857 bits per heavy atom. The molecule has 286 valence electrons. The Bertz CT molecular complexity index is 845. The fourth-order valence-corrected chi connectivity index (χ4v) is 4.45. The van der Waals surface area contributed by atoms with E-state index in [2.05, 4.69) is 31.2 Å². The lowest BCUT2D eigenvalue weighted by Gasteiger charge is -2.19. The number of hydrogen-bond donors (Lipinski definition) is 0. The summed E-state index contributed by atoms with van der Waals surface area (Å²) in [6.07, 6.45) is 10.7. The molecule has 49 heavy (non-hydrogen) atoms. The highest BCUT2D eigenvalue weighted by Crippen LogP contribution is 2.15. The molecule has 1 rings (SSSR count). The Hall–Kier alpha value is -1.83. The van der Waals surface area contributed by atoms with Gasteiger partial charge in [-0.1, -0.05) is 57.6 Å². The van der Waals surface area contributed by atoms with E-state index in [9.17, 15) is 4.79 Å². The zero-order valence-corrected chi connectivity index (χ0v) is 31.2. The van der Waals surface area contributed by atoms with E-state index in [-0.39, 0.29) is 12.4 Å². The molecule has 0 heterocycles. The van der Waals surface area contributed by atoms with Crippen LogP contribution in [-0.4, -0.2) is 124 Å². The number of benzene rings is 1. The van der Waals surface area contributed by atoms with Crippen LogP contribution in [0.15, 0.2) is 24.3 Å². The van der Waals surface area contributed by atoms with E-state index >= 15 is 0 Å². The van der Waals surface area contributed by atoms with Crippen LogP contribution in [-0.2, 0) is 53.8 Å². The third kappa shape index (κ3) is 33.1. The molecule has 0 amide bonds. The summed E-state index contributed by atoms with van der Waals surface area (Å²) < 4.78 is 54.9. The van der Waals surface area contributed by atoms with Crippen molar-refractivity contribution in [3.63, 3.8) is 0 Å². The van der Waals surface area contributed by atoms with Crippen LogP contribution in [0.5, 0.6) is 5.75 Å².